The van der Waals surface area contributed by atoms with Crippen LogP contribution in [-0.4, -0.2) is 49.2 Å². The van der Waals surface area contributed by atoms with Crippen molar-refractivity contribution in [2.75, 3.05) is 31.0 Å². The molecule has 0 bridgehead atoms. The smallest absolute Gasteiger partial charge is 0.299 e. The molecule has 1 unspecified atom stereocenters. The Morgan fingerprint density at radius 3 is 2.17 bits per heavy atom. The van der Waals surface area contributed by atoms with Gasteiger partial charge in [-0.2, -0.15) is 0 Å². The van der Waals surface area contributed by atoms with Gasteiger partial charge in [0.05, 0.1) is 31.2 Å². The van der Waals surface area contributed by atoms with Crippen molar-refractivity contribution in [2.45, 2.75) is 39.3 Å². The highest BCUT2D eigenvalue weighted by Crippen LogP contribution is 2.33. The second kappa shape index (κ2) is 13.7. The third-order valence-electron chi connectivity index (χ3n) is 8.11. The molecule has 0 saturated carbocycles. The number of benzene rings is 4. The molecule has 1 aliphatic rings. The lowest BCUT2D eigenvalue weighted by molar-refractivity contribution is -0.139. The Morgan fingerprint density at radius 2 is 1.52 bits per heavy atom. The van der Waals surface area contributed by atoms with Crippen LogP contribution in [0.2, 0.25) is 0 Å². The number of nitrogens with one attached hydrogen (secondary N) is 1. The van der Waals surface area contributed by atoms with Gasteiger partial charge in [-0.25, -0.2) is 0 Å². The second-order valence-electron chi connectivity index (χ2n) is 11.5. The molecule has 0 radical (unpaired) electrons. The van der Waals surface area contributed by atoms with E-state index in [0.717, 1.165) is 16.7 Å². The Hall–Kier alpha value is -5.44. The van der Waals surface area contributed by atoms with Crippen molar-refractivity contribution in [3.05, 3.63) is 119 Å². The summed E-state index contributed by atoms with van der Waals surface area (Å²) < 4.78 is 10.8. The van der Waals surface area contributed by atoms with Gasteiger partial charge < -0.3 is 19.7 Å². The maximum atomic E-state index is 14.4. The van der Waals surface area contributed by atoms with Crippen LogP contribution in [0.3, 0.4) is 0 Å². The minimum Gasteiger partial charge on any atom is -0.497 e. The lowest BCUT2D eigenvalue weighted by Crippen LogP contribution is -2.46. The van der Waals surface area contributed by atoms with Gasteiger partial charge in [0.25, 0.3) is 17.6 Å². The molecule has 4 aromatic rings. The number of carbonyl (C=O) groups is 4. The van der Waals surface area contributed by atoms with Crippen LogP contribution in [0.4, 0.5) is 11.4 Å². The maximum absolute atomic E-state index is 14.4. The zero-order valence-corrected chi connectivity index (χ0v) is 26.6. The van der Waals surface area contributed by atoms with E-state index in [4.69, 9.17) is 9.47 Å². The summed E-state index contributed by atoms with van der Waals surface area (Å²) in [4.78, 5) is 57.2. The number of amides is 3. The predicted octanol–water partition coefficient (Wildman–Crippen LogP) is 6.07. The number of nitrogens with zero attached hydrogens (tertiary/aromatic N) is 2. The van der Waals surface area contributed by atoms with E-state index in [2.05, 4.69) is 19.2 Å². The van der Waals surface area contributed by atoms with Crippen molar-refractivity contribution in [1.82, 2.24) is 4.90 Å². The molecule has 0 aliphatic carbocycles. The van der Waals surface area contributed by atoms with Crippen LogP contribution in [0, 0.1) is 6.92 Å². The Morgan fingerprint density at radius 1 is 0.848 bits per heavy atom. The van der Waals surface area contributed by atoms with Gasteiger partial charge in [0.1, 0.15) is 24.1 Å². The first-order valence-corrected chi connectivity index (χ1v) is 15.0. The topological polar surface area (TPSA) is 105 Å². The number of hydrogen-bond acceptors (Lipinski definition) is 6. The van der Waals surface area contributed by atoms with Crippen LogP contribution < -0.4 is 19.7 Å². The molecule has 1 aliphatic heterocycles. The van der Waals surface area contributed by atoms with Gasteiger partial charge in [-0.05, 0) is 53.8 Å². The minimum atomic E-state index is -1.11. The molecule has 0 saturated heterocycles. The van der Waals surface area contributed by atoms with Crippen LogP contribution in [0.15, 0.2) is 91.0 Å². The van der Waals surface area contributed by atoms with Crippen LogP contribution in [0.1, 0.15) is 58.4 Å². The Bertz CT molecular complexity index is 1770. The number of carbonyl (C=O) groups excluding carboxylic acids is 4. The van der Waals surface area contributed by atoms with Crippen LogP contribution in [0.5, 0.6) is 11.5 Å². The molecule has 1 heterocycles. The maximum Gasteiger partial charge on any atom is 0.299 e. The summed E-state index contributed by atoms with van der Waals surface area (Å²) in [5.74, 6) is -1.24. The SMILES string of the molecule is COc1ccc(NC(=O)C(c2ccc(C(C)C)cc2)N(Cc2ccc(C)cc2)C(=O)CN2C(=O)C(=O)c3ccccc32)c(OC)c1. The fourth-order valence-corrected chi connectivity index (χ4v) is 5.48. The van der Waals surface area contributed by atoms with Crippen LogP contribution in [0.25, 0.3) is 0 Å². The molecule has 5 rings (SSSR count). The average molecular weight is 620 g/mol. The molecule has 1 N–H and O–H groups in total. The standard InChI is InChI=1S/C37H37N3O6/c1-23(2)26-14-16-27(17-15-26)34(36(43)38-30-19-18-28(45-4)20-32(30)46-5)40(21-25-12-10-24(3)11-13-25)33(41)22-39-31-9-7-6-8-29(31)35(42)37(39)44/h6-20,23,34H,21-22H2,1-5H3,(H,38,43). The number of Topliss-reactive ketones (excluding diaryl/α,β-unsaturated/α-hetero) is 1. The summed E-state index contributed by atoms with van der Waals surface area (Å²) in [7, 11) is 3.03. The lowest BCUT2D eigenvalue weighted by atomic mass is 9.97. The van der Waals surface area contributed by atoms with Crippen molar-refractivity contribution < 1.29 is 28.7 Å². The number of aryl methyl sites for hydroxylation is 1. The Kier molecular flexibility index (Phi) is 9.51. The van der Waals surface area contributed by atoms with E-state index in [1.54, 1.807) is 42.5 Å². The number of methoxy groups -OCH3 is 2. The van der Waals surface area contributed by atoms with Gasteiger partial charge in [0, 0.05) is 12.6 Å². The van der Waals surface area contributed by atoms with Crippen LogP contribution in [-0.2, 0) is 20.9 Å². The van der Waals surface area contributed by atoms with E-state index >= 15 is 0 Å². The van der Waals surface area contributed by atoms with Gasteiger partial charge in [-0.15, -0.1) is 0 Å². The predicted molar refractivity (Wildman–Crippen MR) is 176 cm³/mol. The number of para-hydroxylation sites is 1. The van der Waals surface area contributed by atoms with Gasteiger partial charge in [0.2, 0.25) is 5.91 Å². The number of ether oxygens (including phenoxy) is 2. The fourth-order valence-electron chi connectivity index (χ4n) is 5.48. The normalized spacial score (nSPS) is 13.0. The molecule has 1 atom stereocenters. The first-order valence-electron chi connectivity index (χ1n) is 15.0. The number of anilines is 2. The summed E-state index contributed by atoms with van der Waals surface area (Å²) in [5.41, 5.74) is 4.51. The fraction of sp³-hybridized carbons (Fsp3) is 0.243. The zero-order valence-electron chi connectivity index (χ0n) is 26.6. The molecule has 0 fully saturated rings. The van der Waals surface area contributed by atoms with E-state index in [1.165, 1.54) is 24.0 Å². The Labute approximate surface area is 268 Å². The minimum absolute atomic E-state index is 0.0699. The van der Waals surface area contributed by atoms with Gasteiger partial charge >= 0.3 is 0 Å². The second-order valence-corrected chi connectivity index (χ2v) is 11.5. The van der Waals surface area contributed by atoms with Crippen molar-refractivity contribution in [3.8, 4) is 11.5 Å². The summed E-state index contributed by atoms with van der Waals surface area (Å²) in [6, 6.07) is 25.8. The largest absolute Gasteiger partial charge is 0.497 e. The highest BCUT2D eigenvalue weighted by atomic mass is 16.5. The van der Waals surface area contributed by atoms with E-state index in [1.807, 2.05) is 55.5 Å². The zero-order chi connectivity index (χ0) is 33.0. The highest BCUT2D eigenvalue weighted by Gasteiger charge is 2.39. The van der Waals surface area contributed by atoms with Crippen molar-refractivity contribution in [3.63, 3.8) is 0 Å². The van der Waals surface area contributed by atoms with E-state index in [9.17, 15) is 19.2 Å². The summed E-state index contributed by atoms with van der Waals surface area (Å²) >= 11 is 0. The van der Waals surface area contributed by atoms with Gasteiger partial charge in [0.15, 0.2) is 0 Å². The molecule has 9 nitrogen and oxygen atoms in total. The van der Waals surface area contributed by atoms with E-state index in [-0.39, 0.29) is 18.0 Å². The third kappa shape index (κ3) is 6.63. The monoisotopic (exact) mass is 619 g/mol. The van der Waals surface area contributed by atoms with E-state index in [0.29, 0.717) is 28.4 Å². The first kappa shape index (κ1) is 32.0. The first-order chi connectivity index (χ1) is 22.1. The third-order valence-corrected chi connectivity index (χ3v) is 8.11. The highest BCUT2D eigenvalue weighted by molar-refractivity contribution is 6.52. The van der Waals surface area contributed by atoms with Gasteiger partial charge in [-0.3, -0.25) is 24.1 Å². The molecule has 46 heavy (non-hydrogen) atoms. The number of rotatable bonds is 11. The van der Waals surface area contributed by atoms with E-state index < -0.39 is 36.1 Å². The quantitative estimate of drug-likeness (QED) is 0.204. The lowest BCUT2D eigenvalue weighted by Gasteiger charge is -2.33. The summed E-state index contributed by atoms with van der Waals surface area (Å²) in [6.07, 6.45) is 0. The number of hydrogen-bond donors (Lipinski definition) is 1. The molecule has 3 amide bonds. The molecule has 9 heteroatoms. The molecular weight excluding hydrogens is 582 g/mol. The molecule has 4 aromatic carbocycles. The summed E-state index contributed by atoms with van der Waals surface area (Å²) in [6.45, 7) is 5.77. The summed E-state index contributed by atoms with van der Waals surface area (Å²) in [5, 5.41) is 2.96. The van der Waals surface area contributed by atoms with Crippen LogP contribution >= 0.6 is 0 Å². The number of ketones is 1. The average Bonchev–Trinajstić information content (AvgIpc) is 3.30. The molecule has 0 aromatic heterocycles. The molecular formula is C37H37N3O6. The van der Waals surface area contributed by atoms with Crippen molar-refractivity contribution in [2.24, 2.45) is 0 Å². The Balaban J connectivity index is 1.58. The molecule has 236 valence electrons. The number of fused-ring (bicyclic) bond motifs is 1. The van der Waals surface area contributed by atoms with Crippen molar-refractivity contribution >= 4 is 34.9 Å². The van der Waals surface area contributed by atoms with Gasteiger partial charge in [-0.1, -0.05) is 80.1 Å². The molecule has 0 spiro atoms. The van der Waals surface area contributed by atoms with Crippen molar-refractivity contribution in [1.29, 1.82) is 0 Å².